The molecule has 0 saturated heterocycles. The minimum Gasteiger partial charge on any atom is -0.380 e. The number of ether oxygens (including phenoxy) is 1. The molecule has 0 aromatic rings. The smallest absolute Gasteiger partial charge is 0.191 e. The molecule has 0 rings (SSSR count). The fourth-order valence-electron chi connectivity index (χ4n) is 1.72. The Bertz CT molecular complexity index is 223. The third-order valence-electron chi connectivity index (χ3n) is 2.77. The van der Waals surface area contributed by atoms with E-state index in [2.05, 4.69) is 36.4 Å². The number of hydrogen-bond donors (Lipinski definition) is 2. The van der Waals surface area contributed by atoms with Gasteiger partial charge in [0.05, 0.1) is 6.61 Å². The fraction of sp³-hybridized carbons (Fsp3) is 0.929. The highest BCUT2D eigenvalue weighted by Gasteiger charge is 2.05. The Morgan fingerprint density at radius 3 is 2.42 bits per heavy atom. The van der Waals surface area contributed by atoms with Gasteiger partial charge in [-0.2, -0.15) is 0 Å². The Balaban J connectivity index is 0. The number of aliphatic imine (C=N–C) groups is 1. The summed E-state index contributed by atoms with van der Waals surface area (Å²) in [7, 11) is 1.80. The van der Waals surface area contributed by atoms with Gasteiger partial charge in [0.25, 0.3) is 0 Å². The maximum Gasteiger partial charge on any atom is 0.191 e. The van der Waals surface area contributed by atoms with Crippen LogP contribution in [0.15, 0.2) is 4.99 Å². The summed E-state index contributed by atoms with van der Waals surface area (Å²) in [5.41, 5.74) is 0. The molecule has 0 aromatic carbocycles. The first-order chi connectivity index (χ1) is 8.60. The molecule has 116 valence electrons. The van der Waals surface area contributed by atoms with Crippen molar-refractivity contribution in [2.75, 3.05) is 26.8 Å². The molecule has 4 nitrogen and oxygen atoms in total. The lowest BCUT2D eigenvalue weighted by atomic mass is 10.0. The molecule has 0 amide bonds. The van der Waals surface area contributed by atoms with E-state index in [4.69, 9.17) is 4.74 Å². The van der Waals surface area contributed by atoms with Gasteiger partial charge in [0.2, 0.25) is 0 Å². The van der Waals surface area contributed by atoms with Crippen molar-refractivity contribution >= 4 is 29.9 Å². The van der Waals surface area contributed by atoms with E-state index in [1.807, 2.05) is 6.92 Å². The molecule has 0 bridgehead atoms. The molecular formula is C14H32IN3O. The van der Waals surface area contributed by atoms with Crippen LogP contribution >= 0.6 is 24.0 Å². The summed E-state index contributed by atoms with van der Waals surface area (Å²) in [6.45, 7) is 11.0. The van der Waals surface area contributed by atoms with Crippen molar-refractivity contribution in [3.05, 3.63) is 0 Å². The molecule has 0 aliphatic heterocycles. The normalized spacial score (nSPS) is 13.1. The molecule has 0 aliphatic carbocycles. The van der Waals surface area contributed by atoms with Crippen molar-refractivity contribution in [3.8, 4) is 0 Å². The molecule has 0 fully saturated rings. The fourth-order valence-corrected chi connectivity index (χ4v) is 1.72. The topological polar surface area (TPSA) is 45.6 Å². The second-order valence-corrected chi connectivity index (χ2v) is 5.07. The van der Waals surface area contributed by atoms with Crippen LogP contribution in [0.1, 0.15) is 47.0 Å². The van der Waals surface area contributed by atoms with E-state index >= 15 is 0 Å². The Labute approximate surface area is 136 Å². The molecule has 0 radical (unpaired) electrons. The number of hydrogen-bond acceptors (Lipinski definition) is 2. The highest BCUT2D eigenvalue weighted by Crippen LogP contribution is 2.07. The average molecular weight is 385 g/mol. The first-order valence-corrected chi connectivity index (χ1v) is 7.15. The van der Waals surface area contributed by atoms with Crippen LogP contribution in [-0.2, 0) is 4.74 Å². The van der Waals surface area contributed by atoms with Crippen LogP contribution in [0.4, 0.5) is 0 Å². The summed E-state index contributed by atoms with van der Waals surface area (Å²) >= 11 is 0. The lowest BCUT2D eigenvalue weighted by molar-refractivity contribution is 0.152. The van der Waals surface area contributed by atoms with Crippen molar-refractivity contribution in [2.45, 2.75) is 53.0 Å². The monoisotopic (exact) mass is 385 g/mol. The molecule has 1 atom stereocenters. The summed E-state index contributed by atoms with van der Waals surface area (Å²) in [6, 6.07) is 0.460. The molecule has 0 saturated carbocycles. The molecule has 5 heteroatoms. The zero-order chi connectivity index (χ0) is 13.8. The number of halogens is 1. The second kappa shape index (κ2) is 14.4. The van der Waals surface area contributed by atoms with Gasteiger partial charge < -0.3 is 15.4 Å². The van der Waals surface area contributed by atoms with E-state index in [1.54, 1.807) is 7.05 Å². The number of rotatable bonds is 9. The quantitative estimate of drug-likeness (QED) is 0.278. The maximum atomic E-state index is 5.28. The van der Waals surface area contributed by atoms with Gasteiger partial charge in [-0.25, -0.2) is 0 Å². The Hall–Kier alpha value is -0.0400. The van der Waals surface area contributed by atoms with Gasteiger partial charge in [0.15, 0.2) is 5.96 Å². The van der Waals surface area contributed by atoms with E-state index in [-0.39, 0.29) is 24.0 Å². The molecule has 0 aromatic heterocycles. The number of nitrogens with zero attached hydrogens (tertiary/aromatic N) is 1. The largest absolute Gasteiger partial charge is 0.380 e. The molecule has 0 spiro atoms. The molecular weight excluding hydrogens is 353 g/mol. The summed E-state index contributed by atoms with van der Waals surface area (Å²) in [5, 5.41) is 6.65. The minimum atomic E-state index is 0. The van der Waals surface area contributed by atoms with Gasteiger partial charge in [0.1, 0.15) is 0 Å². The van der Waals surface area contributed by atoms with Crippen molar-refractivity contribution in [3.63, 3.8) is 0 Å². The molecule has 19 heavy (non-hydrogen) atoms. The van der Waals surface area contributed by atoms with Crippen molar-refractivity contribution in [1.29, 1.82) is 0 Å². The average Bonchev–Trinajstić information content (AvgIpc) is 2.32. The van der Waals surface area contributed by atoms with E-state index < -0.39 is 0 Å². The van der Waals surface area contributed by atoms with Crippen LogP contribution in [0.5, 0.6) is 0 Å². The lowest BCUT2D eigenvalue weighted by Crippen LogP contribution is -2.43. The minimum absolute atomic E-state index is 0. The van der Waals surface area contributed by atoms with E-state index in [0.29, 0.717) is 6.04 Å². The van der Waals surface area contributed by atoms with Gasteiger partial charge in [-0.3, -0.25) is 4.99 Å². The Kier molecular flexibility index (Phi) is 16.1. The molecule has 0 heterocycles. The summed E-state index contributed by atoms with van der Waals surface area (Å²) in [5.74, 6) is 1.66. The zero-order valence-electron chi connectivity index (χ0n) is 13.2. The van der Waals surface area contributed by atoms with Crippen LogP contribution in [0.2, 0.25) is 0 Å². The molecule has 1 unspecified atom stereocenters. The maximum absolute atomic E-state index is 5.28. The van der Waals surface area contributed by atoms with Gasteiger partial charge in [-0.15, -0.1) is 24.0 Å². The number of nitrogens with one attached hydrogen (secondary N) is 2. The highest BCUT2D eigenvalue weighted by atomic mass is 127. The number of guanidine groups is 1. The van der Waals surface area contributed by atoms with Gasteiger partial charge in [-0.1, -0.05) is 26.7 Å². The van der Waals surface area contributed by atoms with Crippen LogP contribution < -0.4 is 10.6 Å². The summed E-state index contributed by atoms with van der Waals surface area (Å²) in [4.78, 5) is 4.21. The highest BCUT2D eigenvalue weighted by molar-refractivity contribution is 14.0. The van der Waals surface area contributed by atoms with Crippen molar-refractivity contribution in [2.24, 2.45) is 10.9 Å². The summed E-state index contributed by atoms with van der Waals surface area (Å²) < 4.78 is 5.28. The lowest BCUT2D eigenvalue weighted by Gasteiger charge is -2.18. The van der Waals surface area contributed by atoms with Crippen LogP contribution in [0.3, 0.4) is 0 Å². The zero-order valence-corrected chi connectivity index (χ0v) is 15.5. The standard InChI is InChI=1S/C14H31N3O.HI/c1-6-18-11-10-16-14(15-5)17-13(4)9-7-8-12(2)3;/h12-13H,6-11H2,1-5H3,(H2,15,16,17);1H. The van der Waals surface area contributed by atoms with E-state index in [0.717, 1.165) is 31.6 Å². The summed E-state index contributed by atoms with van der Waals surface area (Å²) in [6.07, 6.45) is 3.74. The van der Waals surface area contributed by atoms with Crippen LogP contribution in [0.25, 0.3) is 0 Å². The van der Waals surface area contributed by atoms with Crippen molar-refractivity contribution in [1.82, 2.24) is 10.6 Å². The Morgan fingerprint density at radius 2 is 1.89 bits per heavy atom. The molecule has 0 aliphatic rings. The third-order valence-corrected chi connectivity index (χ3v) is 2.77. The Morgan fingerprint density at radius 1 is 1.21 bits per heavy atom. The SMILES string of the molecule is CCOCCNC(=NC)NC(C)CCCC(C)C.I. The third kappa shape index (κ3) is 14.2. The van der Waals surface area contributed by atoms with Crippen LogP contribution in [-0.4, -0.2) is 38.8 Å². The molecule has 2 N–H and O–H groups in total. The first kappa shape index (κ1) is 21.3. The van der Waals surface area contributed by atoms with Gasteiger partial charge in [0, 0.05) is 26.2 Å². The van der Waals surface area contributed by atoms with Crippen LogP contribution in [0, 0.1) is 5.92 Å². The first-order valence-electron chi connectivity index (χ1n) is 7.15. The van der Waals surface area contributed by atoms with E-state index in [9.17, 15) is 0 Å². The van der Waals surface area contributed by atoms with Gasteiger partial charge >= 0.3 is 0 Å². The predicted molar refractivity (Wildman–Crippen MR) is 94.6 cm³/mol. The van der Waals surface area contributed by atoms with Gasteiger partial charge in [-0.05, 0) is 26.2 Å². The second-order valence-electron chi connectivity index (χ2n) is 5.07. The van der Waals surface area contributed by atoms with Crippen molar-refractivity contribution < 1.29 is 4.74 Å². The van der Waals surface area contributed by atoms with E-state index in [1.165, 1.54) is 19.3 Å². The predicted octanol–water partition coefficient (Wildman–Crippen LogP) is 3.02.